The third kappa shape index (κ3) is 3.04. The Bertz CT molecular complexity index is 780. The molecule has 0 spiro atoms. The predicted octanol–water partition coefficient (Wildman–Crippen LogP) is 4.84. The van der Waals surface area contributed by atoms with Crippen molar-refractivity contribution in [2.24, 2.45) is 0 Å². The number of carbonyl (C=O) groups is 1. The van der Waals surface area contributed by atoms with Crippen molar-refractivity contribution >= 4 is 39.9 Å². The molecule has 132 valence electrons. The number of rotatable bonds is 4. The summed E-state index contributed by atoms with van der Waals surface area (Å²) in [5.41, 5.74) is 3.72. The largest absolute Gasteiger partial charge is 0.344 e. The monoisotopic (exact) mass is 372 g/mol. The van der Waals surface area contributed by atoms with Gasteiger partial charge in [-0.05, 0) is 37.1 Å². The molecule has 0 N–H and O–H groups in total. The van der Waals surface area contributed by atoms with Crippen molar-refractivity contribution in [3.63, 3.8) is 0 Å². The smallest absolute Gasteiger partial charge is 0.266 e. The average molecular weight is 373 g/mol. The minimum atomic E-state index is -0.0837. The number of amides is 1. The fourth-order valence-electron chi connectivity index (χ4n) is 3.57. The van der Waals surface area contributed by atoms with Crippen molar-refractivity contribution in [3.8, 4) is 0 Å². The van der Waals surface area contributed by atoms with Crippen LogP contribution in [0.4, 0.5) is 5.69 Å². The number of anilines is 1. The van der Waals surface area contributed by atoms with Gasteiger partial charge in [-0.3, -0.25) is 9.69 Å². The van der Waals surface area contributed by atoms with Crippen LogP contribution in [-0.2, 0) is 10.2 Å². The zero-order valence-corrected chi connectivity index (χ0v) is 16.8. The first-order valence-electron chi connectivity index (χ1n) is 8.75. The number of thioether (sulfide) groups is 1. The molecule has 1 saturated heterocycles. The van der Waals surface area contributed by atoms with Gasteiger partial charge in [-0.25, -0.2) is 0 Å². The quantitative estimate of drug-likeness (QED) is 0.557. The highest BCUT2D eigenvalue weighted by Crippen LogP contribution is 2.47. The zero-order chi connectivity index (χ0) is 18.2. The first-order chi connectivity index (χ1) is 11.9. The fraction of sp³-hybridized carbons (Fsp3) is 0.400. The van der Waals surface area contributed by atoms with Crippen molar-refractivity contribution in [3.05, 3.63) is 52.6 Å². The number of benzene rings is 1. The average Bonchev–Trinajstić information content (AvgIpc) is 2.98. The molecule has 5 heteroatoms. The number of thiocarbonyl (C=S) groups is 1. The molecule has 3 rings (SSSR count). The number of carbonyl (C=O) groups excluding carboxylic acids is 1. The van der Waals surface area contributed by atoms with E-state index < -0.39 is 0 Å². The normalized spacial score (nSPS) is 22.4. The van der Waals surface area contributed by atoms with Crippen LogP contribution in [0.3, 0.4) is 0 Å². The number of fused-ring (bicyclic) bond motifs is 1. The lowest BCUT2D eigenvalue weighted by atomic mass is 9.84. The van der Waals surface area contributed by atoms with E-state index >= 15 is 0 Å². The molecule has 2 aliphatic rings. The highest BCUT2D eigenvalue weighted by Gasteiger charge is 2.39. The number of hydrogen-bond donors (Lipinski definition) is 0. The van der Waals surface area contributed by atoms with Crippen molar-refractivity contribution in [1.29, 1.82) is 0 Å². The summed E-state index contributed by atoms with van der Waals surface area (Å²) < 4.78 is 0.665. The molecular formula is C20H24N2OS2. The standard InChI is InChI=1S/C20H24N2OS2/c1-5-13-22-18(23)16(25-19(22)24)11-12-17-20(3,4)14-9-7-8-10-15(14)21(17)6-2/h7-12H,5-6,13H2,1-4H3/b16-11-,17-12?. The van der Waals surface area contributed by atoms with Crippen LogP contribution in [0, 0.1) is 0 Å². The second-order valence-corrected chi connectivity index (χ2v) is 8.47. The van der Waals surface area contributed by atoms with Crippen LogP contribution in [-0.4, -0.2) is 28.2 Å². The van der Waals surface area contributed by atoms with E-state index in [9.17, 15) is 4.79 Å². The van der Waals surface area contributed by atoms with Crippen LogP contribution in [0.25, 0.3) is 0 Å². The van der Waals surface area contributed by atoms with E-state index in [4.69, 9.17) is 12.2 Å². The zero-order valence-electron chi connectivity index (χ0n) is 15.2. The lowest BCUT2D eigenvalue weighted by Crippen LogP contribution is -2.28. The van der Waals surface area contributed by atoms with Gasteiger partial charge < -0.3 is 4.90 Å². The summed E-state index contributed by atoms with van der Waals surface area (Å²) in [4.78, 5) is 17.3. The molecule has 0 saturated carbocycles. The molecule has 1 aromatic carbocycles. The molecular weight excluding hydrogens is 348 g/mol. The van der Waals surface area contributed by atoms with Crippen LogP contribution in [0.2, 0.25) is 0 Å². The van der Waals surface area contributed by atoms with Crippen LogP contribution in [0.15, 0.2) is 47.0 Å². The van der Waals surface area contributed by atoms with Crippen LogP contribution < -0.4 is 4.90 Å². The van der Waals surface area contributed by atoms with E-state index in [1.807, 2.05) is 6.08 Å². The molecule has 0 unspecified atom stereocenters. The van der Waals surface area contributed by atoms with Gasteiger partial charge in [0, 0.05) is 29.9 Å². The maximum absolute atomic E-state index is 12.5. The molecule has 3 nitrogen and oxygen atoms in total. The van der Waals surface area contributed by atoms with E-state index in [0.29, 0.717) is 15.8 Å². The molecule has 0 radical (unpaired) electrons. The van der Waals surface area contributed by atoms with Crippen molar-refractivity contribution in [2.45, 2.75) is 39.5 Å². The summed E-state index contributed by atoms with van der Waals surface area (Å²) in [6.07, 6.45) is 4.95. The molecule has 0 atom stereocenters. The van der Waals surface area contributed by atoms with E-state index in [2.05, 4.69) is 62.9 Å². The second-order valence-electron chi connectivity index (χ2n) is 6.79. The number of allylic oxidation sites excluding steroid dienone is 3. The molecule has 1 fully saturated rings. The summed E-state index contributed by atoms with van der Waals surface area (Å²) in [7, 11) is 0. The minimum absolute atomic E-state index is 0.0325. The molecule has 0 bridgehead atoms. The number of likely N-dealkylation sites (N-methyl/N-ethyl adjacent to an activating group) is 1. The van der Waals surface area contributed by atoms with Crippen molar-refractivity contribution in [2.75, 3.05) is 18.0 Å². The first-order valence-corrected chi connectivity index (χ1v) is 9.97. The van der Waals surface area contributed by atoms with Gasteiger partial charge in [0.25, 0.3) is 5.91 Å². The van der Waals surface area contributed by atoms with Crippen molar-refractivity contribution in [1.82, 2.24) is 4.90 Å². The van der Waals surface area contributed by atoms with Gasteiger partial charge in [0.15, 0.2) is 0 Å². The molecule has 0 aromatic heterocycles. The third-order valence-electron chi connectivity index (χ3n) is 4.83. The summed E-state index contributed by atoms with van der Waals surface area (Å²) in [6.45, 7) is 10.3. The Morgan fingerprint density at radius 1 is 1.16 bits per heavy atom. The Hall–Kier alpha value is -1.59. The molecule has 2 heterocycles. The second kappa shape index (κ2) is 6.96. The number of para-hydroxylation sites is 1. The van der Waals surface area contributed by atoms with Gasteiger partial charge in [0.05, 0.1) is 4.91 Å². The Balaban J connectivity index is 1.96. The summed E-state index contributed by atoms with van der Waals surface area (Å²) >= 11 is 6.76. The molecule has 0 aliphatic carbocycles. The highest BCUT2D eigenvalue weighted by atomic mass is 32.2. The minimum Gasteiger partial charge on any atom is -0.344 e. The SMILES string of the molecule is CCCN1C(=O)/C(=C/C=C2N(CC)c3ccccc3C2(C)C)SC1=S. The van der Waals surface area contributed by atoms with Gasteiger partial charge in [-0.2, -0.15) is 0 Å². The summed E-state index contributed by atoms with van der Waals surface area (Å²) in [5.74, 6) is 0.0325. The van der Waals surface area contributed by atoms with E-state index in [1.54, 1.807) is 4.90 Å². The Kier molecular flexibility index (Phi) is 5.07. The fourth-order valence-corrected chi connectivity index (χ4v) is 4.82. The lowest BCUT2D eigenvalue weighted by molar-refractivity contribution is -0.122. The molecule has 1 aromatic rings. The maximum atomic E-state index is 12.5. The van der Waals surface area contributed by atoms with Gasteiger partial charge in [0.1, 0.15) is 4.32 Å². The van der Waals surface area contributed by atoms with Gasteiger partial charge >= 0.3 is 0 Å². The maximum Gasteiger partial charge on any atom is 0.266 e. The van der Waals surface area contributed by atoms with Crippen LogP contribution >= 0.6 is 24.0 Å². The van der Waals surface area contributed by atoms with E-state index in [1.165, 1.54) is 28.7 Å². The lowest BCUT2D eigenvalue weighted by Gasteiger charge is -2.25. The van der Waals surface area contributed by atoms with E-state index in [0.717, 1.165) is 13.0 Å². The third-order valence-corrected chi connectivity index (χ3v) is 6.22. The van der Waals surface area contributed by atoms with Crippen molar-refractivity contribution < 1.29 is 4.79 Å². The number of nitrogens with zero attached hydrogens (tertiary/aromatic N) is 2. The van der Waals surface area contributed by atoms with Gasteiger partial charge in [0.2, 0.25) is 0 Å². The first kappa shape index (κ1) is 18.2. The topological polar surface area (TPSA) is 23.6 Å². The Morgan fingerprint density at radius 2 is 1.88 bits per heavy atom. The van der Waals surface area contributed by atoms with Gasteiger partial charge in [-0.15, -0.1) is 0 Å². The molecule has 25 heavy (non-hydrogen) atoms. The predicted molar refractivity (Wildman–Crippen MR) is 111 cm³/mol. The Morgan fingerprint density at radius 3 is 2.56 bits per heavy atom. The molecule has 1 amide bonds. The summed E-state index contributed by atoms with van der Waals surface area (Å²) in [6, 6.07) is 8.53. The summed E-state index contributed by atoms with van der Waals surface area (Å²) in [5, 5.41) is 0. The van der Waals surface area contributed by atoms with E-state index in [-0.39, 0.29) is 11.3 Å². The highest BCUT2D eigenvalue weighted by molar-refractivity contribution is 8.26. The van der Waals surface area contributed by atoms with Crippen LogP contribution in [0.5, 0.6) is 0 Å². The number of hydrogen-bond acceptors (Lipinski definition) is 4. The van der Waals surface area contributed by atoms with Gasteiger partial charge in [-0.1, -0.05) is 63.0 Å². The Labute approximate surface area is 159 Å². The van der Waals surface area contributed by atoms with Crippen LogP contribution in [0.1, 0.15) is 39.7 Å². The molecule has 2 aliphatic heterocycles.